The number of likely N-dealkylation sites (tertiary alicyclic amines) is 1. The molecule has 1 aliphatic rings. The summed E-state index contributed by atoms with van der Waals surface area (Å²) in [5.41, 5.74) is 2.44. The Kier molecular flexibility index (Phi) is 6.76. The van der Waals surface area contributed by atoms with Crippen molar-refractivity contribution in [2.45, 2.75) is 38.6 Å². The zero-order valence-electron chi connectivity index (χ0n) is 16.1. The number of aryl methyl sites for hydroxylation is 2. The van der Waals surface area contributed by atoms with Crippen molar-refractivity contribution in [3.8, 4) is 0 Å². The minimum Gasteiger partial charge on any atom is -0.464 e. The van der Waals surface area contributed by atoms with Crippen LogP contribution in [0, 0.1) is 6.92 Å². The van der Waals surface area contributed by atoms with Gasteiger partial charge in [0.05, 0.1) is 7.11 Å². The number of aromatic nitrogens is 2. The number of ether oxygens (including phenoxy) is 1. The maximum Gasteiger partial charge on any atom is 0.356 e. The van der Waals surface area contributed by atoms with Crippen molar-refractivity contribution in [2.75, 3.05) is 32.1 Å². The summed E-state index contributed by atoms with van der Waals surface area (Å²) in [5, 5.41) is 3.41. The highest BCUT2D eigenvalue weighted by Crippen LogP contribution is 2.16. The van der Waals surface area contributed by atoms with Gasteiger partial charge < -0.3 is 15.0 Å². The Morgan fingerprint density at radius 3 is 2.89 bits per heavy atom. The summed E-state index contributed by atoms with van der Waals surface area (Å²) in [6.07, 6.45) is 4.50. The van der Waals surface area contributed by atoms with Crippen molar-refractivity contribution in [1.82, 2.24) is 14.9 Å². The van der Waals surface area contributed by atoms with Crippen LogP contribution in [0.2, 0.25) is 0 Å². The first-order chi connectivity index (χ1) is 13.1. The number of anilines is 1. The summed E-state index contributed by atoms with van der Waals surface area (Å²) >= 11 is 0. The van der Waals surface area contributed by atoms with E-state index in [-0.39, 0.29) is 0 Å². The lowest BCUT2D eigenvalue weighted by Crippen LogP contribution is -2.42. The van der Waals surface area contributed by atoms with Crippen LogP contribution in [0.4, 0.5) is 5.95 Å². The fourth-order valence-corrected chi connectivity index (χ4v) is 3.55. The highest BCUT2D eigenvalue weighted by molar-refractivity contribution is 5.87. The first-order valence-corrected chi connectivity index (χ1v) is 9.61. The van der Waals surface area contributed by atoms with Gasteiger partial charge in [0, 0.05) is 18.3 Å². The van der Waals surface area contributed by atoms with Gasteiger partial charge in [0.1, 0.15) is 0 Å². The standard InChI is InChI=1S/C21H28N4O2/c1-16-14-19(20(26)27-2)24-21(22-16)23-18-11-7-13-25(15-18)12-6-10-17-8-4-3-5-9-17/h3-5,8-9,14,18H,6-7,10-13,15H2,1-2H3,(H,22,23,24)/t18-/m0/s1. The SMILES string of the molecule is COC(=O)c1cc(C)nc(N[C@H]2CCCN(CCCc3ccccc3)C2)n1. The molecule has 1 aromatic carbocycles. The molecule has 6 nitrogen and oxygen atoms in total. The van der Waals surface area contributed by atoms with E-state index in [0.29, 0.717) is 17.7 Å². The average molecular weight is 368 g/mol. The van der Waals surface area contributed by atoms with E-state index in [1.807, 2.05) is 6.92 Å². The minimum atomic E-state index is -0.435. The summed E-state index contributed by atoms with van der Waals surface area (Å²) in [6.45, 7) is 5.06. The van der Waals surface area contributed by atoms with Gasteiger partial charge in [-0.25, -0.2) is 14.8 Å². The Morgan fingerprint density at radius 2 is 2.11 bits per heavy atom. The fraction of sp³-hybridized carbons (Fsp3) is 0.476. The third-order valence-electron chi connectivity index (χ3n) is 4.87. The van der Waals surface area contributed by atoms with Gasteiger partial charge in [-0.3, -0.25) is 0 Å². The van der Waals surface area contributed by atoms with Crippen molar-refractivity contribution >= 4 is 11.9 Å². The normalized spacial score (nSPS) is 17.5. The molecule has 27 heavy (non-hydrogen) atoms. The van der Waals surface area contributed by atoms with Crippen molar-refractivity contribution in [3.05, 3.63) is 53.3 Å². The molecule has 0 spiro atoms. The Bertz CT molecular complexity index is 751. The van der Waals surface area contributed by atoms with Gasteiger partial charge in [0.25, 0.3) is 0 Å². The second kappa shape index (κ2) is 9.46. The monoisotopic (exact) mass is 368 g/mol. The number of piperidine rings is 1. The van der Waals surface area contributed by atoms with Crippen LogP contribution < -0.4 is 5.32 Å². The molecular formula is C21H28N4O2. The maximum atomic E-state index is 11.7. The van der Waals surface area contributed by atoms with Crippen LogP contribution >= 0.6 is 0 Å². The first kappa shape index (κ1) is 19.3. The van der Waals surface area contributed by atoms with Gasteiger partial charge in [-0.05, 0) is 57.3 Å². The topological polar surface area (TPSA) is 67.3 Å². The van der Waals surface area contributed by atoms with Crippen LogP contribution in [-0.2, 0) is 11.2 Å². The first-order valence-electron chi connectivity index (χ1n) is 9.61. The van der Waals surface area contributed by atoms with Gasteiger partial charge in [-0.1, -0.05) is 30.3 Å². The number of nitrogens with one attached hydrogen (secondary N) is 1. The smallest absolute Gasteiger partial charge is 0.356 e. The lowest BCUT2D eigenvalue weighted by Gasteiger charge is -2.33. The quantitative estimate of drug-likeness (QED) is 0.758. The van der Waals surface area contributed by atoms with Crippen LogP contribution in [-0.4, -0.2) is 53.6 Å². The van der Waals surface area contributed by atoms with Crippen LogP contribution in [0.25, 0.3) is 0 Å². The Balaban J connectivity index is 1.52. The number of methoxy groups -OCH3 is 1. The molecule has 0 saturated carbocycles. The molecule has 0 radical (unpaired) electrons. The van der Waals surface area contributed by atoms with Crippen molar-refractivity contribution in [2.24, 2.45) is 0 Å². The molecule has 1 aliphatic heterocycles. The number of hydrogen-bond acceptors (Lipinski definition) is 6. The lowest BCUT2D eigenvalue weighted by molar-refractivity contribution is 0.0594. The molecule has 1 saturated heterocycles. The molecule has 0 bridgehead atoms. The van der Waals surface area contributed by atoms with Gasteiger partial charge >= 0.3 is 5.97 Å². The van der Waals surface area contributed by atoms with Gasteiger partial charge in [-0.15, -0.1) is 0 Å². The van der Waals surface area contributed by atoms with Gasteiger partial charge in [-0.2, -0.15) is 0 Å². The third kappa shape index (κ3) is 5.76. The zero-order chi connectivity index (χ0) is 19.1. The number of hydrogen-bond donors (Lipinski definition) is 1. The Hall–Kier alpha value is -2.47. The molecule has 1 aromatic heterocycles. The Labute approximate surface area is 161 Å². The molecule has 144 valence electrons. The molecule has 2 aromatic rings. The number of esters is 1. The molecule has 6 heteroatoms. The summed E-state index contributed by atoms with van der Waals surface area (Å²) in [6, 6.07) is 12.6. The van der Waals surface area contributed by atoms with Crippen LogP contribution in [0.3, 0.4) is 0 Å². The van der Waals surface area contributed by atoms with Crippen LogP contribution in [0.15, 0.2) is 36.4 Å². The lowest BCUT2D eigenvalue weighted by atomic mass is 10.0. The summed E-state index contributed by atoms with van der Waals surface area (Å²) in [7, 11) is 1.36. The molecular weight excluding hydrogens is 340 g/mol. The number of benzene rings is 1. The van der Waals surface area contributed by atoms with Crippen LogP contribution in [0.1, 0.15) is 41.0 Å². The van der Waals surface area contributed by atoms with E-state index >= 15 is 0 Å². The predicted molar refractivity (Wildman–Crippen MR) is 106 cm³/mol. The largest absolute Gasteiger partial charge is 0.464 e. The molecule has 1 fully saturated rings. The third-order valence-corrected chi connectivity index (χ3v) is 4.87. The van der Waals surface area contributed by atoms with E-state index in [4.69, 9.17) is 4.74 Å². The van der Waals surface area contributed by atoms with Crippen LogP contribution in [0.5, 0.6) is 0 Å². The van der Waals surface area contributed by atoms with Gasteiger partial charge in [0.2, 0.25) is 5.95 Å². The molecule has 1 atom stereocenters. The van der Waals surface area contributed by atoms with E-state index in [2.05, 4.69) is 50.5 Å². The van der Waals surface area contributed by atoms with Crippen molar-refractivity contribution < 1.29 is 9.53 Å². The summed E-state index contributed by atoms with van der Waals surface area (Å²) in [5.74, 6) is 0.0706. The van der Waals surface area contributed by atoms with E-state index in [9.17, 15) is 4.79 Å². The molecule has 0 amide bonds. The number of carbonyl (C=O) groups excluding carboxylic acids is 1. The molecule has 3 rings (SSSR count). The molecule has 0 aliphatic carbocycles. The second-order valence-corrected chi connectivity index (χ2v) is 7.08. The summed E-state index contributed by atoms with van der Waals surface area (Å²) in [4.78, 5) is 23.0. The average Bonchev–Trinajstić information content (AvgIpc) is 2.68. The highest BCUT2D eigenvalue weighted by atomic mass is 16.5. The van der Waals surface area contributed by atoms with E-state index < -0.39 is 5.97 Å². The van der Waals surface area contributed by atoms with Crippen molar-refractivity contribution in [3.63, 3.8) is 0 Å². The maximum absolute atomic E-state index is 11.7. The zero-order valence-corrected chi connectivity index (χ0v) is 16.1. The molecule has 0 unspecified atom stereocenters. The number of nitrogens with zero attached hydrogens (tertiary/aromatic N) is 3. The van der Waals surface area contributed by atoms with E-state index in [0.717, 1.165) is 51.0 Å². The van der Waals surface area contributed by atoms with Gasteiger partial charge in [0.15, 0.2) is 5.69 Å². The van der Waals surface area contributed by atoms with E-state index in [1.165, 1.54) is 12.7 Å². The van der Waals surface area contributed by atoms with E-state index in [1.54, 1.807) is 6.07 Å². The summed E-state index contributed by atoms with van der Waals surface area (Å²) < 4.78 is 4.77. The van der Waals surface area contributed by atoms with Crippen molar-refractivity contribution in [1.29, 1.82) is 0 Å². The molecule has 2 heterocycles. The highest BCUT2D eigenvalue weighted by Gasteiger charge is 2.21. The Morgan fingerprint density at radius 1 is 1.30 bits per heavy atom. The predicted octanol–water partition coefficient (Wildman–Crippen LogP) is 3.08. The number of rotatable bonds is 7. The molecule has 1 N–H and O–H groups in total. The number of carbonyl (C=O) groups is 1. The minimum absolute atomic E-state index is 0.294. The fourth-order valence-electron chi connectivity index (χ4n) is 3.55. The second-order valence-electron chi connectivity index (χ2n) is 7.08.